The van der Waals surface area contributed by atoms with Gasteiger partial charge >= 0.3 is 12.1 Å². The minimum Gasteiger partial charge on any atom is -0.458 e. The highest BCUT2D eigenvalue weighted by Gasteiger charge is 2.60. The van der Waals surface area contributed by atoms with Gasteiger partial charge in [0.1, 0.15) is 23.9 Å². The van der Waals surface area contributed by atoms with Gasteiger partial charge in [0.2, 0.25) is 10.0 Å². The maximum absolute atomic E-state index is 14.6. The number of rotatable bonds is 11. The monoisotopic (exact) mass is 840 g/mol. The summed E-state index contributed by atoms with van der Waals surface area (Å²) in [6, 6.07) is 2.87. The molecule has 3 heterocycles. The molecule has 3 aliphatic rings. The lowest BCUT2D eigenvalue weighted by atomic mass is 9.73. The van der Waals surface area contributed by atoms with Gasteiger partial charge in [-0.2, -0.15) is 0 Å². The van der Waals surface area contributed by atoms with Crippen LogP contribution in [0.3, 0.4) is 0 Å². The first-order chi connectivity index (χ1) is 26.9. The number of hydrogen-bond acceptors (Lipinski definition) is 15. The van der Waals surface area contributed by atoms with Gasteiger partial charge in [-0.25, -0.2) is 17.9 Å². The molecule has 18 nitrogen and oxygen atoms in total. The van der Waals surface area contributed by atoms with E-state index in [4.69, 9.17) is 23.7 Å². The Labute approximate surface area is 340 Å². The lowest BCUT2D eigenvalue weighted by molar-refractivity contribution is -0.384. The van der Waals surface area contributed by atoms with Gasteiger partial charge in [-0.3, -0.25) is 29.4 Å². The molecule has 3 aliphatic heterocycles. The van der Waals surface area contributed by atoms with E-state index in [9.17, 15) is 42.8 Å². The van der Waals surface area contributed by atoms with Gasteiger partial charge in [-0.15, -0.1) is 0 Å². The van der Waals surface area contributed by atoms with Crippen molar-refractivity contribution < 1.29 is 61.3 Å². The molecule has 0 saturated carbocycles. The number of aliphatic hydroxyl groups excluding tert-OH is 1. The third-order valence-corrected chi connectivity index (χ3v) is 13.6. The first-order valence-corrected chi connectivity index (χ1v) is 21.1. The average Bonchev–Trinajstić information content (AvgIpc) is 3.43. The van der Waals surface area contributed by atoms with E-state index < -0.39 is 98.3 Å². The van der Waals surface area contributed by atoms with Gasteiger partial charge < -0.3 is 33.7 Å². The number of carbonyl (C=O) groups is 4. The number of aliphatic hydroxyl groups is 1. The summed E-state index contributed by atoms with van der Waals surface area (Å²) in [4.78, 5) is 69.8. The predicted molar refractivity (Wildman–Crippen MR) is 208 cm³/mol. The zero-order chi connectivity index (χ0) is 43.7. The summed E-state index contributed by atoms with van der Waals surface area (Å²) < 4.78 is 59.4. The largest absolute Gasteiger partial charge is 0.458 e. The summed E-state index contributed by atoms with van der Waals surface area (Å²) in [7, 11) is 0.894. The van der Waals surface area contributed by atoms with E-state index in [0.29, 0.717) is 6.42 Å². The summed E-state index contributed by atoms with van der Waals surface area (Å²) >= 11 is 0. The molecular weight excluding hydrogens is 781 g/mol. The van der Waals surface area contributed by atoms with Crippen LogP contribution in [0.15, 0.2) is 29.2 Å². The van der Waals surface area contributed by atoms with Crippen molar-refractivity contribution in [2.75, 3.05) is 34.3 Å². The number of non-ortho nitro benzene ring substituents is 1. The second kappa shape index (κ2) is 18.4. The zero-order valence-electron chi connectivity index (χ0n) is 35.2. The molecule has 19 heteroatoms. The Morgan fingerprint density at radius 2 is 1.66 bits per heavy atom. The number of nitrogens with zero attached hydrogens (tertiary/aromatic N) is 3. The highest BCUT2D eigenvalue weighted by atomic mass is 32.2. The van der Waals surface area contributed by atoms with Crippen LogP contribution in [-0.2, 0) is 48.1 Å². The quantitative estimate of drug-likeness (QED) is 0.141. The summed E-state index contributed by atoms with van der Waals surface area (Å²) in [5, 5.41) is 22.5. The van der Waals surface area contributed by atoms with Crippen molar-refractivity contribution in [2.24, 2.45) is 23.7 Å². The maximum Gasteiger partial charge on any atom is 0.410 e. The van der Waals surface area contributed by atoms with E-state index >= 15 is 0 Å². The number of ketones is 2. The van der Waals surface area contributed by atoms with Crippen LogP contribution >= 0.6 is 0 Å². The van der Waals surface area contributed by atoms with Gasteiger partial charge in [0.15, 0.2) is 17.7 Å². The molecular formula is C39H60N4O14S. The van der Waals surface area contributed by atoms with E-state index in [1.807, 2.05) is 25.9 Å². The minimum atomic E-state index is -4.19. The number of fused-ring (bicyclic) bond motifs is 1. The highest BCUT2D eigenvalue weighted by Crippen LogP contribution is 2.43. The lowest BCUT2D eigenvalue weighted by Gasteiger charge is -2.47. The summed E-state index contributed by atoms with van der Waals surface area (Å²) in [5.41, 5.74) is -3.30. The number of benzene rings is 1. The van der Waals surface area contributed by atoms with Crippen molar-refractivity contribution >= 4 is 39.3 Å². The number of ether oxygens (including phenoxy) is 5. The Balaban J connectivity index is 1.72. The van der Waals surface area contributed by atoms with Gasteiger partial charge in [-0.05, 0) is 73.2 Å². The maximum atomic E-state index is 14.6. The van der Waals surface area contributed by atoms with Crippen LogP contribution in [0, 0.1) is 33.8 Å². The Morgan fingerprint density at radius 3 is 2.21 bits per heavy atom. The minimum absolute atomic E-state index is 0.00768. The van der Waals surface area contributed by atoms with Crippen molar-refractivity contribution in [2.45, 2.75) is 134 Å². The molecule has 2 N–H and O–H groups in total. The van der Waals surface area contributed by atoms with E-state index in [0.717, 1.165) is 24.3 Å². The number of nitrogens with one attached hydrogen (secondary N) is 1. The molecule has 13 atom stereocenters. The van der Waals surface area contributed by atoms with Crippen LogP contribution in [0.4, 0.5) is 10.5 Å². The fourth-order valence-corrected chi connectivity index (χ4v) is 9.86. The molecule has 0 unspecified atom stereocenters. The molecule has 1 aromatic carbocycles. The van der Waals surface area contributed by atoms with Gasteiger partial charge in [0, 0.05) is 56.1 Å². The lowest BCUT2D eigenvalue weighted by Crippen LogP contribution is -2.60. The van der Waals surface area contributed by atoms with Gasteiger partial charge in [-0.1, -0.05) is 27.7 Å². The number of methoxy groups -OCH3 is 1. The second-order valence-corrected chi connectivity index (χ2v) is 18.3. The number of nitro groups is 1. The normalized spacial score (nSPS) is 36.9. The SMILES string of the molecule is CC[C@@H]1OC(=O)[C@H](C)C(=O)[C@@H](C)[C@@H](O[C@@H]2O[C@H](C)C[C@H](N(C)C)[C@H]2O)[C@](C)(OC)C[C@@H](C)C(=O)[C@@H](C)[C@@H]2N(CCNS(=O)(=O)c3ccc([N+](=O)[O-])cc3)C(=O)O[C@]12C. The Hall–Kier alpha value is -3.59. The fraction of sp³-hybridized carbons (Fsp3) is 0.744. The van der Waals surface area contributed by atoms with E-state index in [1.54, 1.807) is 41.5 Å². The first-order valence-electron chi connectivity index (χ1n) is 19.7. The summed E-state index contributed by atoms with van der Waals surface area (Å²) in [6.45, 7) is 12.5. The Morgan fingerprint density at radius 1 is 1.03 bits per heavy atom. The van der Waals surface area contributed by atoms with Crippen LogP contribution in [0.2, 0.25) is 0 Å². The molecule has 0 aromatic heterocycles. The van der Waals surface area contributed by atoms with Crippen molar-refractivity contribution in [1.29, 1.82) is 0 Å². The molecule has 0 aliphatic carbocycles. The molecule has 0 spiro atoms. The van der Waals surface area contributed by atoms with Crippen LogP contribution in [0.5, 0.6) is 0 Å². The highest BCUT2D eigenvalue weighted by molar-refractivity contribution is 7.89. The van der Waals surface area contributed by atoms with Crippen LogP contribution in [0.1, 0.15) is 74.7 Å². The average molecular weight is 841 g/mol. The molecule has 326 valence electrons. The van der Waals surface area contributed by atoms with Gasteiger partial charge in [0.25, 0.3) is 5.69 Å². The zero-order valence-corrected chi connectivity index (χ0v) is 36.0. The number of cyclic esters (lactones) is 1. The molecule has 0 radical (unpaired) electrons. The third kappa shape index (κ3) is 9.55. The molecule has 58 heavy (non-hydrogen) atoms. The smallest absolute Gasteiger partial charge is 0.410 e. The molecule has 1 aromatic rings. The fourth-order valence-electron chi connectivity index (χ4n) is 8.84. The molecule has 4 rings (SSSR count). The van der Waals surface area contributed by atoms with Crippen molar-refractivity contribution in [1.82, 2.24) is 14.5 Å². The van der Waals surface area contributed by atoms with E-state index in [1.165, 1.54) is 18.9 Å². The molecule has 1 amide bonds. The number of sulfonamides is 1. The van der Waals surface area contributed by atoms with Gasteiger partial charge in [0.05, 0.1) is 33.7 Å². The van der Waals surface area contributed by atoms with Crippen molar-refractivity contribution in [3.05, 3.63) is 34.4 Å². The number of likely N-dealkylation sites (N-methyl/N-ethyl adjacent to an activating group) is 1. The molecule has 0 bridgehead atoms. The Bertz CT molecular complexity index is 1800. The number of esters is 1. The van der Waals surface area contributed by atoms with Crippen molar-refractivity contribution in [3.8, 4) is 0 Å². The van der Waals surface area contributed by atoms with Crippen LogP contribution in [0.25, 0.3) is 0 Å². The molecule has 3 fully saturated rings. The standard InChI is InChI=1S/C39H60N4O14S/c1-12-29-39(8)33(42(37(48)57-39)18-17-40-58(51,52)27-15-13-26(14-16-27)43(49)50)23(4)30(44)21(2)20-38(7,53-11)34(24(5)31(45)25(6)35(47)55-29)56-36-32(46)28(41(9)10)19-22(3)54-36/h13-16,21-25,28-29,32-34,36,40,46H,12,17-20H2,1-11H3/t21-,22-,23-,24-,25-,28+,29+,32-,33+,34-,36+,38-,39-/m1/s1. The Kier molecular flexibility index (Phi) is 14.9. The number of amides is 1. The van der Waals surface area contributed by atoms with Crippen molar-refractivity contribution in [3.63, 3.8) is 0 Å². The summed E-state index contributed by atoms with van der Waals surface area (Å²) in [6.07, 6.45) is -5.11. The van der Waals surface area contributed by atoms with Crippen LogP contribution < -0.4 is 4.72 Å². The third-order valence-electron chi connectivity index (χ3n) is 12.2. The second-order valence-electron chi connectivity index (χ2n) is 16.5. The number of Topliss-reactive ketones (excluding diaryl/α,β-unsaturated/α-hetero) is 2. The number of hydrogen-bond donors (Lipinski definition) is 2. The van der Waals surface area contributed by atoms with E-state index in [2.05, 4.69) is 4.72 Å². The number of nitro benzene ring substituents is 1. The summed E-state index contributed by atoms with van der Waals surface area (Å²) in [5.74, 6) is -5.89. The van der Waals surface area contributed by atoms with Crippen LogP contribution in [-0.4, -0.2) is 140 Å². The predicted octanol–water partition coefficient (Wildman–Crippen LogP) is 3.08. The van der Waals surface area contributed by atoms with E-state index in [-0.39, 0.29) is 54.4 Å². The number of carbonyl (C=O) groups excluding carboxylic acids is 4. The first kappa shape index (κ1) is 47.1. The topological polar surface area (TPSA) is 230 Å². The molecule has 3 saturated heterocycles.